The minimum Gasteiger partial charge on any atom is -0.507 e. The Balaban J connectivity index is 0.000000504. The Labute approximate surface area is 168 Å². The van der Waals surface area contributed by atoms with E-state index in [2.05, 4.69) is 0 Å². The molecular formula is C15H15Cl2FO7S2. The third-order valence-corrected chi connectivity index (χ3v) is 7.16. The predicted molar refractivity (Wildman–Crippen MR) is 101 cm³/mol. The van der Waals surface area contributed by atoms with Crippen LogP contribution in [0.4, 0.5) is 4.70 Å². The van der Waals surface area contributed by atoms with Crippen molar-refractivity contribution in [1.82, 2.24) is 0 Å². The molecular weight excluding hydrogens is 446 g/mol. The molecule has 0 saturated carbocycles. The number of thiophene rings is 1. The molecule has 0 amide bonds. The Morgan fingerprint density at radius 3 is 2.04 bits per heavy atom. The monoisotopic (exact) mass is 460 g/mol. The largest absolute Gasteiger partial charge is 0.507 e. The van der Waals surface area contributed by atoms with E-state index < -0.39 is 27.0 Å². The van der Waals surface area contributed by atoms with Crippen LogP contribution in [0.15, 0.2) is 28.5 Å². The van der Waals surface area contributed by atoms with Gasteiger partial charge < -0.3 is 15.3 Å². The van der Waals surface area contributed by atoms with Crippen molar-refractivity contribution in [3.8, 4) is 5.75 Å². The van der Waals surface area contributed by atoms with Gasteiger partial charge in [-0.1, -0.05) is 23.2 Å². The fourth-order valence-electron chi connectivity index (χ4n) is 1.60. The van der Waals surface area contributed by atoms with Crippen LogP contribution in [0.5, 0.6) is 5.75 Å². The molecule has 7 nitrogen and oxygen atoms in total. The number of phenols is 1. The normalized spacial score (nSPS) is 10.6. The van der Waals surface area contributed by atoms with E-state index in [0.29, 0.717) is 5.02 Å². The van der Waals surface area contributed by atoms with Gasteiger partial charge in [0.05, 0.1) is 15.2 Å². The Hall–Kier alpha value is -1.88. The first-order valence-corrected chi connectivity index (χ1v) is 10.0. The van der Waals surface area contributed by atoms with Crippen molar-refractivity contribution in [3.63, 3.8) is 0 Å². The highest BCUT2D eigenvalue weighted by atomic mass is 35.5. The number of hydrogen-bond donors (Lipinski definition) is 3. The molecule has 0 radical (unpaired) electrons. The molecule has 0 atom stereocenters. The average Bonchev–Trinajstić information content (AvgIpc) is 2.89. The van der Waals surface area contributed by atoms with Gasteiger partial charge in [-0.15, -0.1) is 11.3 Å². The number of aromatic hydroxyl groups is 1. The van der Waals surface area contributed by atoms with Gasteiger partial charge in [0.2, 0.25) is 0 Å². The van der Waals surface area contributed by atoms with Crippen LogP contribution in [0, 0.1) is 0 Å². The van der Waals surface area contributed by atoms with E-state index in [1.54, 1.807) is 0 Å². The maximum Gasteiger partial charge on any atom is 0.347 e. The summed E-state index contributed by atoms with van der Waals surface area (Å²) in [6, 6.07) is 3.84. The van der Waals surface area contributed by atoms with Gasteiger partial charge in [-0.05, 0) is 32.0 Å². The Morgan fingerprint density at radius 2 is 1.67 bits per heavy atom. The average molecular weight is 461 g/mol. The topological polar surface area (TPSA) is 129 Å². The Kier molecular flexibility index (Phi) is 9.19. The second-order valence-corrected chi connectivity index (χ2v) is 9.28. The number of carboxylic acids is 2. The maximum atomic E-state index is 11.7. The molecule has 27 heavy (non-hydrogen) atoms. The van der Waals surface area contributed by atoms with Gasteiger partial charge in [-0.25, -0.2) is 18.0 Å². The summed E-state index contributed by atoms with van der Waals surface area (Å²) >= 11 is 12.0. The highest BCUT2D eigenvalue weighted by Gasteiger charge is 2.27. The zero-order chi connectivity index (χ0) is 20.2. The molecule has 0 fully saturated rings. The van der Waals surface area contributed by atoms with Crippen LogP contribution in [-0.4, -0.2) is 40.9 Å². The molecule has 1 heterocycles. The lowest BCUT2D eigenvalue weighted by Gasteiger charge is -2.05. The lowest BCUT2D eigenvalue weighted by Crippen LogP contribution is -2.13. The zero-order valence-corrected chi connectivity index (χ0v) is 17.0. The van der Waals surface area contributed by atoms with Crippen molar-refractivity contribution in [2.24, 2.45) is 0 Å². The van der Waals surface area contributed by atoms with Gasteiger partial charge in [0, 0.05) is 10.4 Å². The van der Waals surface area contributed by atoms with Crippen LogP contribution in [0.1, 0.15) is 33.9 Å². The summed E-state index contributed by atoms with van der Waals surface area (Å²) in [6.07, 6.45) is 0. The van der Waals surface area contributed by atoms with Crippen molar-refractivity contribution < 1.29 is 38.0 Å². The summed E-state index contributed by atoms with van der Waals surface area (Å²) in [5.41, 5.74) is -0.144. The van der Waals surface area contributed by atoms with Crippen molar-refractivity contribution in [2.75, 3.05) is 0 Å². The quantitative estimate of drug-likeness (QED) is 0.623. The first-order chi connectivity index (χ1) is 11.9. The SMILES string of the molecule is CC(C)S(=O)(=O)c1csc(C(=O)O)c1Cl.F.O=C(O)c1ccc(Cl)cc1O. The van der Waals surface area contributed by atoms with Crippen molar-refractivity contribution in [2.45, 2.75) is 24.0 Å². The van der Waals surface area contributed by atoms with E-state index in [1.807, 2.05) is 0 Å². The molecule has 1 aromatic carbocycles. The third kappa shape index (κ3) is 6.06. The number of rotatable bonds is 4. The zero-order valence-electron chi connectivity index (χ0n) is 13.8. The number of carbonyl (C=O) groups is 2. The number of halogens is 3. The number of benzene rings is 1. The lowest BCUT2D eigenvalue weighted by molar-refractivity contribution is 0.0686. The predicted octanol–water partition coefficient (Wildman–Crippen LogP) is 4.18. The molecule has 2 aromatic rings. The summed E-state index contributed by atoms with van der Waals surface area (Å²) in [5, 5.41) is 26.9. The van der Waals surface area contributed by atoms with E-state index >= 15 is 0 Å². The summed E-state index contributed by atoms with van der Waals surface area (Å²) in [6.45, 7) is 3.04. The summed E-state index contributed by atoms with van der Waals surface area (Å²) in [5.74, 6) is -2.70. The third-order valence-electron chi connectivity index (χ3n) is 3.01. The number of aromatic carboxylic acids is 2. The van der Waals surface area contributed by atoms with Crippen LogP contribution in [0.25, 0.3) is 0 Å². The van der Waals surface area contributed by atoms with Crippen LogP contribution in [0.2, 0.25) is 10.0 Å². The van der Waals surface area contributed by atoms with Crippen molar-refractivity contribution >= 4 is 56.3 Å². The van der Waals surface area contributed by atoms with Gasteiger partial charge in [0.25, 0.3) is 0 Å². The molecule has 0 saturated heterocycles. The van der Waals surface area contributed by atoms with Gasteiger partial charge in [-0.2, -0.15) is 0 Å². The van der Waals surface area contributed by atoms with Gasteiger partial charge in [-0.3, -0.25) is 4.70 Å². The van der Waals surface area contributed by atoms with Crippen molar-refractivity contribution in [3.05, 3.63) is 44.1 Å². The molecule has 0 spiro atoms. The van der Waals surface area contributed by atoms with E-state index in [-0.39, 0.29) is 30.8 Å². The second kappa shape index (κ2) is 9.88. The molecule has 150 valence electrons. The Morgan fingerprint density at radius 1 is 1.11 bits per heavy atom. The molecule has 12 heteroatoms. The second-order valence-electron chi connectivity index (χ2n) is 5.11. The van der Waals surface area contributed by atoms with Crippen LogP contribution >= 0.6 is 34.5 Å². The molecule has 0 unspecified atom stereocenters. The molecule has 0 bridgehead atoms. The smallest absolute Gasteiger partial charge is 0.347 e. The molecule has 0 aliphatic carbocycles. The highest BCUT2D eigenvalue weighted by Crippen LogP contribution is 2.33. The maximum absolute atomic E-state index is 11.7. The molecule has 1 aromatic heterocycles. The van der Waals surface area contributed by atoms with Gasteiger partial charge in [0.15, 0.2) is 9.84 Å². The Bertz CT molecular complexity index is 940. The minimum atomic E-state index is -3.51. The lowest BCUT2D eigenvalue weighted by atomic mass is 10.2. The summed E-state index contributed by atoms with van der Waals surface area (Å²) < 4.78 is 23.4. The summed E-state index contributed by atoms with van der Waals surface area (Å²) in [4.78, 5) is 20.8. The molecule has 2 rings (SSSR count). The number of sulfone groups is 1. The van der Waals surface area contributed by atoms with Crippen molar-refractivity contribution in [1.29, 1.82) is 0 Å². The number of carboxylic acid groups (broad SMARTS) is 2. The molecule has 0 aliphatic heterocycles. The first-order valence-electron chi connectivity index (χ1n) is 6.85. The van der Waals surface area contributed by atoms with E-state index in [4.69, 9.17) is 38.5 Å². The van der Waals surface area contributed by atoms with E-state index in [1.165, 1.54) is 37.4 Å². The van der Waals surface area contributed by atoms with Crippen LogP contribution in [-0.2, 0) is 9.84 Å². The molecule has 3 N–H and O–H groups in total. The van der Waals surface area contributed by atoms with Crippen LogP contribution < -0.4 is 0 Å². The fourth-order valence-corrected chi connectivity index (χ4v) is 4.69. The summed E-state index contributed by atoms with van der Waals surface area (Å²) in [7, 11) is -3.51. The van der Waals surface area contributed by atoms with E-state index in [0.717, 1.165) is 11.3 Å². The van der Waals surface area contributed by atoms with Gasteiger partial charge in [0.1, 0.15) is 16.2 Å². The van der Waals surface area contributed by atoms with Crippen LogP contribution in [0.3, 0.4) is 0 Å². The van der Waals surface area contributed by atoms with Gasteiger partial charge >= 0.3 is 11.9 Å². The minimum absolute atomic E-state index is 0. The standard InChI is InChI=1S/C8H9ClO4S2.C7H5ClO3.FH/c1-4(2)15(12,13)5-3-14-7(6(5)9)8(10)11;8-4-1-2-5(7(10)11)6(9)3-4;/h3-4H,1-2H3,(H,10,11);1-3,9H,(H,10,11);1H. The first kappa shape index (κ1) is 25.1. The number of hydrogen-bond acceptors (Lipinski definition) is 6. The highest BCUT2D eigenvalue weighted by molar-refractivity contribution is 7.92. The fraction of sp³-hybridized carbons (Fsp3) is 0.200. The van der Waals surface area contributed by atoms with E-state index in [9.17, 15) is 18.0 Å². The molecule has 0 aliphatic rings.